The zero-order chi connectivity index (χ0) is 57.7. The van der Waals surface area contributed by atoms with Crippen LogP contribution in [-0.4, -0.2) is 128 Å². The Morgan fingerprint density at radius 1 is 0.912 bits per heavy atom. The van der Waals surface area contributed by atoms with Gasteiger partial charge in [-0.25, -0.2) is 15.0 Å². The van der Waals surface area contributed by atoms with Crippen molar-refractivity contribution in [1.82, 2.24) is 44.9 Å². The molecule has 2 aromatic carbocycles. The second-order valence-electron chi connectivity index (χ2n) is 21.1. The molecule has 80 heavy (non-hydrogen) atoms. The SMILES string of the molecule is COc1ncc(C(=O)NCCOCCOCCC(=O)N[C@H](C(=O)N2C[C@H](O)C[C@H]2C(=O)N[C@@H](C)c2ccc(-c3scnc3C)cc2)C(C)(C)C)cc1-c1nc2c(n1C(C)C)[C@H](c1ccc(Cl)cc1)N(c1cc(Cl)cn(C)c1=O)C2=O. The first-order valence-electron chi connectivity index (χ1n) is 26.2. The molecule has 6 aromatic rings. The molecule has 0 bridgehead atoms. The summed E-state index contributed by atoms with van der Waals surface area (Å²) in [6.45, 7) is 13.7. The highest BCUT2D eigenvalue weighted by Crippen LogP contribution is 2.45. The molecule has 0 aliphatic carbocycles. The standard InChI is InChI=1S/C57H66Cl2N10O10S/c1-31(2)68-47-45(55(75)69(43-25-39(59)28-66(8)54(43)74)46(47)35-14-16-38(58)17-15-35)65-50(68)41-24-37(27-61-53(41)77-9)51(72)60-19-21-79-23-22-78-20-18-44(71)64-49(57(5,6)7)56(76)67-29-40(70)26-42(67)52(73)63-32(3)34-10-12-36(13-11-34)48-33(4)62-30-80-48/h10-17,24-25,27-28,30-32,40,42,46,49,70H,18-23,26,29H2,1-9H3,(H,60,72)(H,63,73)(H,64,71)/t32-,40+,42-,46-,49+/m0/s1. The van der Waals surface area contributed by atoms with Gasteiger partial charge in [0.15, 0.2) is 5.69 Å². The zero-order valence-electron chi connectivity index (χ0n) is 46.0. The summed E-state index contributed by atoms with van der Waals surface area (Å²) >= 11 is 14.3. The van der Waals surface area contributed by atoms with Crippen molar-refractivity contribution in [3.63, 3.8) is 0 Å². The van der Waals surface area contributed by atoms with Crippen LogP contribution in [0.25, 0.3) is 21.8 Å². The Bertz CT molecular complexity index is 3320. The number of amides is 5. The van der Waals surface area contributed by atoms with Gasteiger partial charge in [-0.05, 0) is 74.1 Å². The van der Waals surface area contributed by atoms with E-state index in [1.807, 2.05) is 77.3 Å². The fraction of sp³-hybridized carbons (Fsp3) is 0.421. The molecular formula is C57H66Cl2N10O10S. The normalized spacial score (nSPS) is 16.9. The Hall–Kier alpha value is -7.01. The molecule has 6 heterocycles. The average molecular weight is 1150 g/mol. The summed E-state index contributed by atoms with van der Waals surface area (Å²) in [5.41, 5.74) is 5.38. The fourth-order valence-corrected chi connectivity index (χ4v) is 11.1. The van der Waals surface area contributed by atoms with Crippen molar-refractivity contribution in [2.45, 2.75) is 97.6 Å². The van der Waals surface area contributed by atoms with Crippen LogP contribution in [0.3, 0.4) is 0 Å². The van der Waals surface area contributed by atoms with E-state index in [4.69, 9.17) is 42.4 Å². The molecule has 0 unspecified atom stereocenters. The van der Waals surface area contributed by atoms with Crippen LogP contribution >= 0.6 is 34.5 Å². The number of aliphatic hydroxyl groups excluding tert-OH is 1. The van der Waals surface area contributed by atoms with Crippen LogP contribution in [-0.2, 0) is 30.9 Å². The van der Waals surface area contributed by atoms with E-state index in [1.165, 1.54) is 39.9 Å². The first-order valence-corrected chi connectivity index (χ1v) is 27.9. The minimum absolute atomic E-state index is 0.0357. The maximum absolute atomic E-state index is 14.5. The summed E-state index contributed by atoms with van der Waals surface area (Å²) in [4.78, 5) is 100. The molecule has 0 spiro atoms. The van der Waals surface area contributed by atoms with Crippen LogP contribution < -0.4 is 31.1 Å². The molecule has 0 radical (unpaired) electrons. The number of carbonyl (C=O) groups excluding carboxylic acids is 5. The Kier molecular flexibility index (Phi) is 18.6. The van der Waals surface area contributed by atoms with Crippen LogP contribution in [0.15, 0.2) is 83.4 Å². The molecule has 23 heteroatoms. The smallest absolute Gasteiger partial charge is 0.279 e. The Labute approximate surface area is 477 Å². The topological polar surface area (TPSA) is 241 Å². The number of thiazole rings is 1. The predicted octanol–water partition coefficient (Wildman–Crippen LogP) is 7.25. The third kappa shape index (κ3) is 12.9. The second-order valence-corrected chi connectivity index (χ2v) is 22.8. The molecule has 4 aromatic heterocycles. The van der Waals surface area contributed by atoms with Gasteiger partial charge in [0, 0.05) is 56.4 Å². The van der Waals surface area contributed by atoms with E-state index >= 15 is 0 Å². The van der Waals surface area contributed by atoms with Crippen molar-refractivity contribution < 1.29 is 43.3 Å². The van der Waals surface area contributed by atoms with Crippen molar-refractivity contribution >= 4 is 69.8 Å². The van der Waals surface area contributed by atoms with Gasteiger partial charge < -0.3 is 49.3 Å². The van der Waals surface area contributed by atoms with Crippen LogP contribution in [0.4, 0.5) is 5.69 Å². The van der Waals surface area contributed by atoms with E-state index in [0.29, 0.717) is 27.7 Å². The molecule has 4 N–H and O–H groups in total. The zero-order valence-corrected chi connectivity index (χ0v) is 48.4. The Morgan fingerprint density at radius 2 is 1.61 bits per heavy atom. The maximum atomic E-state index is 14.5. The third-order valence-corrected chi connectivity index (χ3v) is 15.4. The van der Waals surface area contributed by atoms with Gasteiger partial charge in [-0.1, -0.05) is 80.4 Å². The number of halogens is 2. The number of benzene rings is 2. The summed E-state index contributed by atoms with van der Waals surface area (Å²) in [5, 5.41) is 20.1. The molecule has 0 saturated carbocycles. The molecule has 424 valence electrons. The van der Waals surface area contributed by atoms with Crippen LogP contribution in [0.5, 0.6) is 5.88 Å². The number of nitrogens with one attached hydrogen (secondary N) is 3. The first kappa shape index (κ1) is 59.1. The molecule has 1 fully saturated rings. The molecule has 2 aliphatic rings. The van der Waals surface area contributed by atoms with Gasteiger partial charge in [0.05, 0.1) is 83.6 Å². The Balaban J connectivity index is 0.822. The number of carbonyl (C=O) groups is 5. The molecule has 20 nitrogen and oxygen atoms in total. The number of aromatic nitrogens is 5. The number of fused-ring (bicyclic) bond motifs is 1. The highest BCUT2D eigenvalue weighted by molar-refractivity contribution is 7.13. The molecule has 8 rings (SSSR count). The van der Waals surface area contributed by atoms with Crippen molar-refractivity contribution in [3.05, 3.63) is 133 Å². The van der Waals surface area contributed by atoms with Gasteiger partial charge in [0.2, 0.25) is 23.6 Å². The number of ether oxygens (including phenoxy) is 3. The summed E-state index contributed by atoms with van der Waals surface area (Å²) in [5.74, 6) is -1.79. The van der Waals surface area contributed by atoms with Crippen molar-refractivity contribution in [1.29, 1.82) is 0 Å². The van der Waals surface area contributed by atoms with Crippen molar-refractivity contribution in [3.8, 4) is 27.7 Å². The van der Waals surface area contributed by atoms with Crippen LogP contribution in [0, 0.1) is 12.3 Å². The number of hydrogen-bond acceptors (Lipinski definition) is 14. The van der Waals surface area contributed by atoms with Crippen LogP contribution in [0.1, 0.15) is 116 Å². The van der Waals surface area contributed by atoms with Crippen LogP contribution in [0.2, 0.25) is 10.0 Å². The lowest BCUT2D eigenvalue weighted by atomic mass is 9.85. The van der Waals surface area contributed by atoms with Gasteiger partial charge >= 0.3 is 0 Å². The third-order valence-electron chi connectivity index (χ3n) is 14.0. The lowest BCUT2D eigenvalue weighted by Crippen LogP contribution is -2.58. The highest BCUT2D eigenvalue weighted by atomic mass is 35.5. The molecule has 5 atom stereocenters. The minimum Gasteiger partial charge on any atom is -0.480 e. The monoisotopic (exact) mass is 1150 g/mol. The van der Waals surface area contributed by atoms with E-state index in [2.05, 4.69) is 25.9 Å². The lowest BCUT2D eigenvalue weighted by Gasteiger charge is -2.35. The summed E-state index contributed by atoms with van der Waals surface area (Å²) in [6, 6.07) is 14.5. The van der Waals surface area contributed by atoms with E-state index in [-0.39, 0.29) is 92.3 Å². The number of hydrogen-bond donors (Lipinski definition) is 4. The average Bonchev–Trinajstić information content (AvgIpc) is 4.33. The van der Waals surface area contributed by atoms with Crippen molar-refractivity contribution in [2.24, 2.45) is 12.5 Å². The summed E-state index contributed by atoms with van der Waals surface area (Å²) in [7, 11) is 3.00. The largest absolute Gasteiger partial charge is 0.480 e. The summed E-state index contributed by atoms with van der Waals surface area (Å²) in [6.07, 6.45) is 1.94. The van der Waals surface area contributed by atoms with Gasteiger partial charge in [0.1, 0.15) is 29.6 Å². The minimum atomic E-state index is -0.996. The van der Waals surface area contributed by atoms with Gasteiger partial charge in [-0.15, -0.1) is 11.3 Å². The van der Waals surface area contributed by atoms with Gasteiger partial charge in [-0.3, -0.25) is 33.7 Å². The fourth-order valence-electron chi connectivity index (χ4n) is 9.93. The number of aryl methyl sites for hydroxylation is 2. The first-order chi connectivity index (χ1) is 38.1. The van der Waals surface area contributed by atoms with Gasteiger partial charge in [0.25, 0.3) is 17.4 Å². The van der Waals surface area contributed by atoms with E-state index in [9.17, 15) is 33.9 Å². The number of methoxy groups -OCH3 is 1. The van der Waals surface area contributed by atoms with E-state index in [1.54, 1.807) is 54.2 Å². The number of aliphatic hydroxyl groups is 1. The Morgan fingerprint density at radius 3 is 2.26 bits per heavy atom. The number of β-amino-alcohol motifs (C(OH)–C–C–N with tert-alkyl or cyclic N) is 1. The number of imidazole rings is 1. The summed E-state index contributed by atoms with van der Waals surface area (Å²) < 4.78 is 20.2. The molecule has 1 saturated heterocycles. The lowest BCUT2D eigenvalue weighted by molar-refractivity contribution is -0.144. The van der Waals surface area contributed by atoms with Gasteiger partial charge in [-0.2, -0.15) is 0 Å². The molecular weight excluding hydrogens is 1090 g/mol. The number of pyridine rings is 2. The number of rotatable bonds is 21. The quantitative estimate of drug-likeness (QED) is 0.0520. The number of nitrogens with zero attached hydrogens (tertiary/aromatic N) is 7. The highest BCUT2D eigenvalue weighted by Gasteiger charge is 2.47. The van der Waals surface area contributed by atoms with E-state index < -0.39 is 64.7 Å². The second kappa shape index (κ2) is 25.2. The molecule has 5 amide bonds. The predicted molar refractivity (Wildman–Crippen MR) is 304 cm³/mol. The van der Waals surface area contributed by atoms with E-state index in [0.717, 1.165) is 21.7 Å². The molecule has 2 aliphatic heterocycles. The number of likely N-dealkylation sites (tertiary alicyclic amines) is 1. The number of anilines is 1. The maximum Gasteiger partial charge on any atom is 0.279 e. The van der Waals surface area contributed by atoms with Crippen molar-refractivity contribution in [2.75, 3.05) is 51.5 Å².